The quantitative estimate of drug-likeness (QED) is 0.754. The summed E-state index contributed by atoms with van der Waals surface area (Å²) in [5.41, 5.74) is 2.72. The number of anilines is 1. The second kappa shape index (κ2) is 7.31. The summed E-state index contributed by atoms with van der Waals surface area (Å²) in [6.45, 7) is 0.381. The number of carbonyl (C=O) groups excluding carboxylic acids is 1. The highest BCUT2D eigenvalue weighted by atomic mass is 16.5. The molecule has 1 heterocycles. The highest BCUT2D eigenvalue weighted by Crippen LogP contribution is 2.29. The van der Waals surface area contributed by atoms with Gasteiger partial charge in [-0.3, -0.25) is 4.79 Å². The highest BCUT2D eigenvalue weighted by Gasteiger charge is 2.29. The van der Waals surface area contributed by atoms with Crippen LogP contribution in [0.2, 0.25) is 0 Å². The zero-order valence-electron chi connectivity index (χ0n) is 14.2. The van der Waals surface area contributed by atoms with Gasteiger partial charge in [-0.25, -0.2) is 0 Å². The fourth-order valence-electron chi connectivity index (χ4n) is 2.99. The summed E-state index contributed by atoms with van der Waals surface area (Å²) in [6, 6.07) is 25.0. The molecule has 3 aromatic rings. The van der Waals surface area contributed by atoms with E-state index in [0.717, 1.165) is 28.3 Å². The number of hydrogen-bond acceptors (Lipinski definition) is 3. The van der Waals surface area contributed by atoms with Gasteiger partial charge in [-0.2, -0.15) is 0 Å². The van der Waals surface area contributed by atoms with Crippen molar-refractivity contribution in [3.63, 3.8) is 0 Å². The van der Waals surface area contributed by atoms with Crippen molar-refractivity contribution in [2.75, 3.05) is 5.32 Å². The van der Waals surface area contributed by atoms with Gasteiger partial charge in [-0.1, -0.05) is 54.6 Å². The molecule has 1 amide bonds. The number of ether oxygens (including phenoxy) is 2. The van der Waals surface area contributed by atoms with Gasteiger partial charge in [0.2, 0.25) is 0 Å². The lowest BCUT2D eigenvalue weighted by atomic mass is 10.1. The van der Waals surface area contributed by atoms with Gasteiger partial charge in [-0.05, 0) is 29.8 Å². The number of para-hydroxylation sites is 3. The van der Waals surface area contributed by atoms with E-state index in [1.807, 2.05) is 78.9 Å². The molecule has 0 saturated heterocycles. The van der Waals surface area contributed by atoms with E-state index in [9.17, 15) is 4.79 Å². The molecule has 0 spiro atoms. The second-order valence-electron chi connectivity index (χ2n) is 6.17. The van der Waals surface area contributed by atoms with Crippen LogP contribution in [0.4, 0.5) is 5.69 Å². The minimum atomic E-state index is -0.504. The Labute approximate surface area is 152 Å². The van der Waals surface area contributed by atoms with E-state index in [-0.39, 0.29) is 5.91 Å². The lowest BCUT2D eigenvalue weighted by Crippen LogP contribution is -2.31. The number of amides is 1. The molecule has 0 saturated carbocycles. The van der Waals surface area contributed by atoms with Gasteiger partial charge >= 0.3 is 0 Å². The Bertz CT molecular complexity index is 883. The average Bonchev–Trinajstić information content (AvgIpc) is 3.12. The van der Waals surface area contributed by atoms with Gasteiger partial charge in [0.1, 0.15) is 18.1 Å². The van der Waals surface area contributed by atoms with Crippen LogP contribution in [0.15, 0.2) is 78.9 Å². The van der Waals surface area contributed by atoms with E-state index in [4.69, 9.17) is 9.47 Å². The number of carbonyl (C=O) groups is 1. The molecule has 1 aliphatic rings. The molecule has 0 radical (unpaired) electrons. The molecule has 1 atom stereocenters. The summed E-state index contributed by atoms with van der Waals surface area (Å²) in [7, 11) is 0. The molecule has 4 heteroatoms. The summed E-state index contributed by atoms with van der Waals surface area (Å²) in [4.78, 5) is 12.6. The SMILES string of the molecule is O=C(Nc1ccccc1COc1ccccc1)C1Cc2ccccc2O1. The van der Waals surface area contributed by atoms with E-state index in [2.05, 4.69) is 5.32 Å². The van der Waals surface area contributed by atoms with Crippen LogP contribution in [0, 0.1) is 0 Å². The predicted molar refractivity (Wildman–Crippen MR) is 100 cm³/mol. The molecule has 0 bridgehead atoms. The third kappa shape index (κ3) is 3.54. The van der Waals surface area contributed by atoms with E-state index in [1.165, 1.54) is 0 Å². The van der Waals surface area contributed by atoms with Gasteiger partial charge in [0.15, 0.2) is 6.10 Å². The van der Waals surface area contributed by atoms with Crippen LogP contribution in [-0.2, 0) is 17.8 Å². The Morgan fingerprint density at radius 3 is 2.54 bits per heavy atom. The molecule has 1 N–H and O–H groups in total. The zero-order chi connectivity index (χ0) is 17.8. The Balaban J connectivity index is 1.43. The summed E-state index contributed by atoms with van der Waals surface area (Å²) >= 11 is 0. The lowest BCUT2D eigenvalue weighted by Gasteiger charge is -2.15. The molecule has 1 aliphatic heterocycles. The van der Waals surface area contributed by atoms with Crippen LogP contribution in [0.25, 0.3) is 0 Å². The van der Waals surface area contributed by atoms with Gasteiger partial charge in [0.25, 0.3) is 5.91 Å². The standard InChI is InChI=1S/C22H19NO3/c24-22(21-14-16-8-5-7-13-20(16)26-21)23-19-12-6-4-9-17(19)15-25-18-10-2-1-3-11-18/h1-13,21H,14-15H2,(H,23,24). The number of benzene rings is 3. The van der Waals surface area contributed by atoms with Crippen molar-refractivity contribution >= 4 is 11.6 Å². The number of nitrogens with one attached hydrogen (secondary N) is 1. The molecule has 3 aromatic carbocycles. The first-order valence-electron chi connectivity index (χ1n) is 8.61. The molecule has 0 fully saturated rings. The minimum absolute atomic E-state index is 0.145. The summed E-state index contributed by atoms with van der Waals surface area (Å²) in [5, 5.41) is 2.98. The van der Waals surface area contributed by atoms with Crippen molar-refractivity contribution in [2.24, 2.45) is 0 Å². The van der Waals surface area contributed by atoms with Gasteiger partial charge in [0.05, 0.1) is 0 Å². The molecule has 0 aromatic heterocycles. The van der Waals surface area contributed by atoms with Crippen molar-refractivity contribution in [3.8, 4) is 11.5 Å². The predicted octanol–water partition coefficient (Wildman–Crippen LogP) is 4.21. The smallest absolute Gasteiger partial charge is 0.265 e. The van der Waals surface area contributed by atoms with E-state index in [1.54, 1.807) is 0 Å². The fourth-order valence-corrected chi connectivity index (χ4v) is 2.99. The average molecular weight is 345 g/mol. The van der Waals surface area contributed by atoms with Gasteiger partial charge in [-0.15, -0.1) is 0 Å². The van der Waals surface area contributed by atoms with Crippen LogP contribution in [-0.4, -0.2) is 12.0 Å². The fraction of sp³-hybridized carbons (Fsp3) is 0.136. The molecule has 4 rings (SSSR count). The summed E-state index contributed by atoms with van der Waals surface area (Å²) in [6.07, 6.45) is 0.0838. The lowest BCUT2D eigenvalue weighted by molar-refractivity contribution is -0.122. The largest absolute Gasteiger partial charge is 0.489 e. The minimum Gasteiger partial charge on any atom is -0.489 e. The Morgan fingerprint density at radius 1 is 0.962 bits per heavy atom. The first-order chi connectivity index (χ1) is 12.8. The monoisotopic (exact) mass is 345 g/mol. The van der Waals surface area contributed by atoms with Crippen molar-refractivity contribution in [1.82, 2.24) is 0 Å². The number of fused-ring (bicyclic) bond motifs is 1. The highest BCUT2D eigenvalue weighted by molar-refractivity contribution is 5.95. The number of rotatable bonds is 5. The first kappa shape index (κ1) is 16.2. The molecule has 4 nitrogen and oxygen atoms in total. The molecular weight excluding hydrogens is 326 g/mol. The maximum Gasteiger partial charge on any atom is 0.265 e. The van der Waals surface area contributed by atoms with Crippen LogP contribution in [0.3, 0.4) is 0 Å². The van der Waals surface area contributed by atoms with Crippen LogP contribution < -0.4 is 14.8 Å². The normalized spacial score (nSPS) is 15.0. The van der Waals surface area contributed by atoms with Crippen molar-refractivity contribution in [3.05, 3.63) is 90.0 Å². The first-order valence-corrected chi connectivity index (χ1v) is 8.61. The van der Waals surface area contributed by atoms with E-state index >= 15 is 0 Å². The maximum absolute atomic E-state index is 12.6. The second-order valence-corrected chi connectivity index (χ2v) is 6.17. The topological polar surface area (TPSA) is 47.6 Å². The van der Waals surface area contributed by atoms with Crippen LogP contribution >= 0.6 is 0 Å². The third-order valence-electron chi connectivity index (χ3n) is 4.35. The number of hydrogen-bond donors (Lipinski definition) is 1. The molecular formula is C22H19NO3. The summed E-state index contributed by atoms with van der Waals surface area (Å²) < 4.78 is 11.6. The van der Waals surface area contributed by atoms with Gasteiger partial charge < -0.3 is 14.8 Å². The molecule has 1 unspecified atom stereocenters. The Kier molecular flexibility index (Phi) is 4.56. The third-order valence-corrected chi connectivity index (χ3v) is 4.35. The van der Waals surface area contributed by atoms with Crippen molar-refractivity contribution in [1.29, 1.82) is 0 Å². The van der Waals surface area contributed by atoms with Crippen LogP contribution in [0.1, 0.15) is 11.1 Å². The zero-order valence-corrected chi connectivity index (χ0v) is 14.2. The van der Waals surface area contributed by atoms with Crippen molar-refractivity contribution in [2.45, 2.75) is 19.1 Å². The molecule has 0 aliphatic carbocycles. The van der Waals surface area contributed by atoms with Crippen LogP contribution in [0.5, 0.6) is 11.5 Å². The Hall–Kier alpha value is -3.27. The van der Waals surface area contributed by atoms with Crippen molar-refractivity contribution < 1.29 is 14.3 Å². The van der Waals surface area contributed by atoms with E-state index in [0.29, 0.717) is 13.0 Å². The maximum atomic E-state index is 12.6. The molecule has 130 valence electrons. The Morgan fingerprint density at radius 2 is 1.69 bits per heavy atom. The van der Waals surface area contributed by atoms with E-state index < -0.39 is 6.10 Å². The van der Waals surface area contributed by atoms with Gasteiger partial charge in [0, 0.05) is 17.7 Å². The molecule has 26 heavy (non-hydrogen) atoms. The summed E-state index contributed by atoms with van der Waals surface area (Å²) in [5.74, 6) is 1.44.